The predicted octanol–water partition coefficient (Wildman–Crippen LogP) is 5.12. The van der Waals surface area contributed by atoms with E-state index in [4.69, 9.17) is 26.8 Å². The highest BCUT2D eigenvalue weighted by Gasteiger charge is 2.19. The number of anilines is 2. The Labute approximate surface area is 190 Å². The van der Waals surface area contributed by atoms with Gasteiger partial charge >= 0.3 is 6.09 Å². The van der Waals surface area contributed by atoms with Crippen molar-refractivity contribution >= 4 is 35.0 Å². The van der Waals surface area contributed by atoms with Crippen molar-refractivity contribution in [1.29, 1.82) is 0 Å². The molecular weight excluding hydrogens is 430 g/mol. The summed E-state index contributed by atoms with van der Waals surface area (Å²) < 4.78 is 10.8. The topological polar surface area (TPSA) is 103 Å². The van der Waals surface area contributed by atoms with E-state index in [-0.39, 0.29) is 24.1 Å². The van der Waals surface area contributed by atoms with E-state index in [1.165, 1.54) is 18.2 Å². The largest absolute Gasteiger partial charge is 0.493 e. The molecule has 0 saturated heterocycles. The fourth-order valence-corrected chi connectivity index (χ4v) is 3.61. The summed E-state index contributed by atoms with van der Waals surface area (Å²) in [4.78, 5) is 24.9. The van der Waals surface area contributed by atoms with Crippen molar-refractivity contribution in [3.8, 4) is 5.75 Å². The van der Waals surface area contributed by atoms with E-state index in [9.17, 15) is 9.59 Å². The molecule has 2 amide bonds. The van der Waals surface area contributed by atoms with Gasteiger partial charge in [-0.25, -0.2) is 4.79 Å². The van der Waals surface area contributed by atoms with Crippen molar-refractivity contribution in [3.63, 3.8) is 0 Å². The lowest BCUT2D eigenvalue weighted by atomic mass is 10.0. The lowest BCUT2D eigenvalue weighted by Gasteiger charge is -2.23. The summed E-state index contributed by atoms with van der Waals surface area (Å²) in [7, 11) is 0. The van der Waals surface area contributed by atoms with Gasteiger partial charge in [-0.1, -0.05) is 41.9 Å². The third-order valence-corrected chi connectivity index (χ3v) is 5.19. The second-order valence-corrected chi connectivity index (χ2v) is 7.80. The number of nitrogens with two attached hydrogens (primary N) is 1. The maximum Gasteiger partial charge on any atom is 0.411 e. The molecule has 8 heteroatoms. The first kappa shape index (κ1) is 21.7. The third-order valence-electron chi connectivity index (χ3n) is 4.97. The van der Waals surface area contributed by atoms with E-state index in [1.54, 1.807) is 12.1 Å². The van der Waals surface area contributed by atoms with Crippen LogP contribution in [0.2, 0.25) is 5.02 Å². The van der Waals surface area contributed by atoms with Gasteiger partial charge in [-0.05, 0) is 42.0 Å². The first-order chi connectivity index (χ1) is 15.5. The molecule has 0 bridgehead atoms. The third kappa shape index (κ3) is 5.38. The lowest BCUT2D eigenvalue weighted by molar-refractivity contribution is 0.102. The minimum Gasteiger partial charge on any atom is -0.493 e. The first-order valence-corrected chi connectivity index (χ1v) is 10.5. The van der Waals surface area contributed by atoms with E-state index in [0.717, 1.165) is 16.9 Å². The highest BCUT2D eigenvalue weighted by atomic mass is 35.5. The van der Waals surface area contributed by atoms with Gasteiger partial charge in [0.25, 0.3) is 5.91 Å². The Morgan fingerprint density at radius 2 is 1.84 bits per heavy atom. The Kier molecular flexibility index (Phi) is 6.58. The molecule has 0 saturated carbocycles. The Bertz CT molecular complexity index is 1140. The van der Waals surface area contributed by atoms with Crippen molar-refractivity contribution in [2.24, 2.45) is 5.73 Å². The second kappa shape index (κ2) is 9.72. The summed E-state index contributed by atoms with van der Waals surface area (Å²) in [6.07, 6.45) is 0.0693. The van der Waals surface area contributed by atoms with Crippen LogP contribution >= 0.6 is 11.6 Å². The van der Waals surface area contributed by atoms with Crippen molar-refractivity contribution in [2.45, 2.75) is 19.1 Å². The van der Waals surface area contributed by atoms with Crippen LogP contribution in [0.15, 0.2) is 66.7 Å². The summed E-state index contributed by atoms with van der Waals surface area (Å²) in [6.45, 7) is 0.705. The lowest BCUT2D eigenvalue weighted by Crippen LogP contribution is -2.21. The average molecular weight is 452 g/mol. The molecule has 4 N–H and O–H groups in total. The first-order valence-electron chi connectivity index (χ1n) is 10.1. The molecule has 1 atom stereocenters. The van der Waals surface area contributed by atoms with Crippen molar-refractivity contribution in [3.05, 3.63) is 88.4 Å². The van der Waals surface area contributed by atoms with Crippen LogP contribution in [-0.2, 0) is 11.3 Å². The minimum atomic E-state index is -0.647. The van der Waals surface area contributed by atoms with Gasteiger partial charge in [0.15, 0.2) is 0 Å². The van der Waals surface area contributed by atoms with E-state index < -0.39 is 6.09 Å². The highest BCUT2D eigenvalue weighted by Crippen LogP contribution is 2.33. The highest BCUT2D eigenvalue weighted by molar-refractivity contribution is 6.31. The molecule has 0 aromatic heterocycles. The number of amides is 2. The molecule has 0 aliphatic carbocycles. The Morgan fingerprint density at radius 1 is 1.03 bits per heavy atom. The predicted molar refractivity (Wildman–Crippen MR) is 123 cm³/mol. The maximum atomic E-state index is 12.8. The zero-order chi connectivity index (χ0) is 22.5. The number of rotatable bonds is 5. The van der Waals surface area contributed by atoms with Crippen LogP contribution < -0.4 is 21.1 Å². The fraction of sp³-hybridized carbons (Fsp3) is 0.167. The van der Waals surface area contributed by atoms with Crippen LogP contribution in [0.5, 0.6) is 5.75 Å². The number of hydrogen-bond acceptors (Lipinski definition) is 5. The van der Waals surface area contributed by atoms with Crippen molar-refractivity contribution < 1.29 is 19.1 Å². The second-order valence-electron chi connectivity index (χ2n) is 7.37. The number of carbonyl (C=O) groups is 2. The Morgan fingerprint density at radius 3 is 2.66 bits per heavy atom. The molecule has 1 heterocycles. The molecule has 0 fully saturated rings. The zero-order valence-electron chi connectivity index (χ0n) is 17.1. The maximum absolute atomic E-state index is 12.8. The molecular formula is C24H22ClN3O4. The van der Waals surface area contributed by atoms with Crippen LogP contribution in [0, 0.1) is 0 Å². The van der Waals surface area contributed by atoms with Gasteiger partial charge in [0.2, 0.25) is 0 Å². The molecule has 7 nitrogen and oxygen atoms in total. The zero-order valence-corrected chi connectivity index (χ0v) is 17.9. The van der Waals surface area contributed by atoms with Crippen molar-refractivity contribution in [2.75, 3.05) is 17.2 Å². The molecule has 0 spiro atoms. The van der Waals surface area contributed by atoms with Gasteiger partial charge in [0, 0.05) is 40.0 Å². The van der Waals surface area contributed by atoms with E-state index in [2.05, 4.69) is 10.6 Å². The van der Waals surface area contributed by atoms with Gasteiger partial charge in [-0.15, -0.1) is 0 Å². The molecule has 0 unspecified atom stereocenters. The quantitative estimate of drug-likeness (QED) is 0.499. The SMILES string of the molecule is N[C@H]1CCOc2ccc(NC(=O)c3cc(Cl)cc(NC(=O)OCc4ccccc4)c3)cc21. The molecule has 3 aromatic rings. The molecule has 3 aromatic carbocycles. The number of fused-ring (bicyclic) bond motifs is 1. The number of hydrogen-bond donors (Lipinski definition) is 3. The molecule has 4 rings (SSSR count). The summed E-state index contributed by atoms with van der Waals surface area (Å²) in [5.74, 6) is 0.350. The number of benzene rings is 3. The normalized spacial score (nSPS) is 14.6. The molecule has 0 radical (unpaired) electrons. The van der Waals surface area contributed by atoms with Crippen LogP contribution in [0.25, 0.3) is 0 Å². The Hall–Kier alpha value is -3.55. The summed E-state index contributed by atoms with van der Waals surface area (Å²) in [5, 5.41) is 5.73. The average Bonchev–Trinajstić information content (AvgIpc) is 2.78. The van der Waals surface area contributed by atoms with Crippen molar-refractivity contribution in [1.82, 2.24) is 0 Å². The van der Waals surface area contributed by atoms with Gasteiger partial charge in [-0.2, -0.15) is 0 Å². The molecule has 1 aliphatic rings. The van der Waals surface area contributed by atoms with Crippen LogP contribution in [0.4, 0.5) is 16.2 Å². The molecule has 32 heavy (non-hydrogen) atoms. The number of carbonyl (C=O) groups excluding carboxylic acids is 2. The number of halogens is 1. The van der Waals surface area contributed by atoms with E-state index >= 15 is 0 Å². The summed E-state index contributed by atoms with van der Waals surface area (Å²) in [5.41, 5.74) is 9.08. The van der Waals surface area contributed by atoms with Gasteiger partial charge in [0.05, 0.1) is 6.61 Å². The van der Waals surface area contributed by atoms with Gasteiger partial charge in [0.1, 0.15) is 12.4 Å². The van der Waals surface area contributed by atoms with E-state index in [0.29, 0.717) is 29.4 Å². The fourth-order valence-electron chi connectivity index (χ4n) is 3.37. The van der Waals surface area contributed by atoms with E-state index in [1.807, 2.05) is 36.4 Å². The standard InChI is InChI=1S/C24H22ClN3O4/c25-17-10-16(11-19(12-17)28-24(30)32-14-15-4-2-1-3-5-15)23(29)27-18-6-7-22-20(13-18)21(26)8-9-31-22/h1-7,10-13,21H,8-9,14,26H2,(H,27,29)(H,28,30)/t21-/m0/s1. The Balaban J connectivity index is 1.42. The minimum absolute atomic E-state index is 0.130. The summed E-state index contributed by atoms with van der Waals surface area (Å²) >= 11 is 6.16. The van der Waals surface area contributed by atoms with Crippen LogP contribution in [-0.4, -0.2) is 18.6 Å². The van der Waals surface area contributed by atoms with Crippen LogP contribution in [0.3, 0.4) is 0 Å². The van der Waals surface area contributed by atoms with Gasteiger partial charge in [-0.3, -0.25) is 10.1 Å². The monoisotopic (exact) mass is 451 g/mol. The number of nitrogens with one attached hydrogen (secondary N) is 2. The molecule has 164 valence electrons. The smallest absolute Gasteiger partial charge is 0.411 e. The molecule has 1 aliphatic heterocycles. The van der Waals surface area contributed by atoms with Crippen LogP contribution in [0.1, 0.15) is 33.9 Å². The number of ether oxygens (including phenoxy) is 2. The van der Waals surface area contributed by atoms with Gasteiger partial charge < -0.3 is 20.5 Å². The summed E-state index contributed by atoms with van der Waals surface area (Å²) in [6, 6.07) is 19.1.